The summed E-state index contributed by atoms with van der Waals surface area (Å²) >= 11 is 0. The molecular weight excluding hydrogens is 224 g/mol. The topological polar surface area (TPSA) is 49.4 Å². The first-order chi connectivity index (χ1) is 7.48. The third kappa shape index (κ3) is 2.76. The number of hydrogen-bond acceptors (Lipinski definition) is 4. The summed E-state index contributed by atoms with van der Waals surface area (Å²) in [7, 11) is -2.74. The van der Waals surface area contributed by atoms with Crippen LogP contribution >= 0.6 is 0 Å². The Hall–Kier alpha value is -0.130. The van der Waals surface area contributed by atoms with Crippen LogP contribution in [0.1, 0.15) is 20.3 Å². The normalized spacial score (nSPS) is 35.7. The molecule has 16 heavy (non-hydrogen) atoms. The minimum atomic E-state index is -2.74. The molecule has 0 aliphatic carbocycles. The van der Waals surface area contributed by atoms with Crippen molar-refractivity contribution in [3.05, 3.63) is 0 Å². The lowest BCUT2D eigenvalue weighted by Gasteiger charge is -2.38. The number of nitrogens with one attached hydrogen (secondary N) is 1. The molecule has 2 unspecified atom stereocenters. The van der Waals surface area contributed by atoms with Crippen LogP contribution in [0.2, 0.25) is 0 Å². The molecule has 94 valence electrons. The zero-order valence-electron chi connectivity index (χ0n) is 10.1. The van der Waals surface area contributed by atoms with E-state index in [9.17, 15) is 8.42 Å². The molecule has 2 heterocycles. The maximum absolute atomic E-state index is 11.5. The molecule has 2 fully saturated rings. The summed E-state index contributed by atoms with van der Waals surface area (Å²) < 4.78 is 22.9. The molecule has 0 amide bonds. The molecule has 1 N–H and O–H groups in total. The van der Waals surface area contributed by atoms with Gasteiger partial charge in [-0.25, -0.2) is 8.42 Å². The van der Waals surface area contributed by atoms with Crippen LogP contribution in [0.15, 0.2) is 0 Å². The van der Waals surface area contributed by atoms with Crippen molar-refractivity contribution < 1.29 is 8.42 Å². The zero-order valence-corrected chi connectivity index (χ0v) is 11.0. The standard InChI is InChI=1S/C11H22N2O2S/c1-9(2)11-7-13(5-4-12-11)10-3-6-16(14,15)8-10/h9-12H,3-8H2,1-2H3. The Morgan fingerprint density at radius 1 is 1.38 bits per heavy atom. The van der Waals surface area contributed by atoms with Gasteiger partial charge in [0.15, 0.2) is 9.84 Å². The molecule has 2 aliphatic rings. The molecule has 2 atom stereocenters. The Labute approximate surface area is 98.3 Å². The average Bonchev–Trinajstić information content (AvgIpc) is 2.59. The Kier molecular flexibility index (Phi) is 3.56. The smallest absolute Gasteiger partial charge is 0.151 e. The number of piperazine rings is 1. The lowest BCUT2D eigenvalue weighted by atomic mass is 10.0. The minimum absolute atomic E-state index is 0.272. The first kappa shape index (κ1) is 12.3. The third-order valence-electron chi connectivity index (χ3n) is 3.77. The molecule has 2 rings (SSSR count). The molecule has 5 heteroatoms. The van der Waals surface area contributed by atoms with E-state index < -0.39 is 9.84 Å². The van der Waals surface area contributed by atoms with Crippen LogP contribution in [-0.2, 0) is 9.84 Å². The fourth-order valence-corrected chi connectivity index (χ4v) is 4.41. The fraction of sp³-hybridized carbons (Fsp3) is 1.00. The Morgan fingerprint density at radius 3 is 2.69 bits per heavy atom. The molecule has 0 aromatic carbocycles. The van der Waals surface area contributed by atoms with Crippen LogP contribution in [0, 0.1) is 5.92 Å². The van der Waals surface area contributed by atoms with E-state index in [1.165, 1.54) is 0 Å². The maximum atomic E-state index is 11.5. The van der Waals surface area contributed by atoms with E-state index in [1.807, 2.05) is 0 Å². The fourth-order valence-electron chi connectivity index (χ4n) is 2.64. The largest absolute Gasteiger partial charge is 0.311 e. The second kappa shape index (κ2) is 4.63. The van der Waals surface area contributed by atoms with Crippen LogP contribution < -0.4 is 5.32 Å². The van der Waals surface area contributed by atoms with Crippen molar-refractivity contribution in [2.45, 2.75) is 32.4 Å². The molecular formula is C11H22N2O2S. The lowest BCUT2D eigenvalue weighted by Crippen LogP contribution is -2.55. The van der Waals surface area contributed by atoms with Gasteiger partial charge in [-0.2, -0.15) is 0 Å². The van der Waals surface area contributed by atoms with E-state index in [2.05, 4.69) is 24.1 Å². The molecule has 0 bridgehead atoms. The predicted molar refractivity (Wildman–Crippen MR) is 65.3 cm³/mol. The predicted octanol–water partition coefficient (Wildman–Crippen LogP) is 0.103. The highest BCUT2D eigenvalue weighted by molar-refractivity contribution is 7.91. The zero-order chi connectivity index (χ0) is 11.8. The summed E-state index contributed by atoms with van der Waals surface area (Å²) in [5.74, 6) is 1.37. The summed E-state index contributed by atoms with van der Waals surface area (Å²) in [5.41, 5.74) is 0. The van der Waals surface area contributed by atoms with Crippen LogP contribution in [-0.4, -0.2) is 56.5 Å². The van der Waals surface area contributed by atoms with Crippen molar-refractivity contribution in [1.82, 2.24) is 10.2 Å². The molecule has 0 aromatic heterocycles. The van der Waals surface area contributed by atoms with E-state index in [4.69, 9.17) is 0 Å². The Morgan fingerprint density at radius 2 is 2.12 bits per heavy atom. The van der Waals surface area contributed by atoms with Crippen LogP contribution in [0.25, 0.3) is 0 Å². The second-order valence-corrected chi connectivity index (χ2v) is 7.59. The van der Waals surface area contributed by atoms with Gasteiger partial charge < -0.3 is 5.32 Å². The van der Waals surface area contributed by atoms with Gasteiger partial charge in [0.1, 0.15) is 0 Å². The summed E-state index contributed by atoms with van der Waals surface area (Å²) in [4.78, 5) is 2.37. The first-order valence-corrected chi connectivity index (χ1v) is 7.98. The Bertz CT molecular complexity index is 340. The van der Waals surface area contributed by atoms with Crippen molar-refractivity contribution in [1.29, 1.82) is 0 Å². The monoisotopic (exact) mass is 246 g/mol. The van der Waals surface area contributed by atoms with Gasteiger partial charge in [-0.1, -0.05) is 13.8 Å². The van der Waals surface area contributed by atoms with Gasteiger partial charge in [-0.05, 0) is 12.3 Å². The number of hydrogen-bond donors (Lipinski definition) is 1. The highest BCUT2D eigenvalue weighted by Gasteiger charge is 2.34. The van der Waals surface area contributed by atoms with Crippen molar-refractivity contribution >= 4 is 9.84 Å². The van der Waals surface area contributed by atoms with E-state index in [0.717, 1.165) is 26.1 Å². The lowest BCUT2D eigenvalue weighted by molar-refractivity contribution is 0.137. The summed E-state index contributed by atoms with van der Waals surface area (Å²) in [6, 6.07) is 0.783. The highest BCUT2D eigenvalue weighted by Crippen LogP contribution is 2.20. The van der Waals surface area contributed by atoms with E-state index in [1.54, 1.807) is 0 Å². The molecule has 2 aliphatic heterocycles. The quantitative estimate of drug-likeness (QED) is 0.751. The van der Waals surface area contributed by atoms with Gasteiger partial charge in [0.25, 0.3) is 0 Å². The molecule has 2 saturated heterocycles. The molecule has 4 nitrogen and oxygen atoms in total. The molecule has 0 spiro atoms. The van der Waals surface area contributed by atoms with Crippen molar-refractivity contribution in [2.24, 2.45) is 5.92 Å². The summed E-state index contributed by atoms with van der Waals surface area (Å²) in [5, 5.41) is 3.50. The number of sulfone groups is 1. The minimum Gasteiger partial charge on any atom is -0.311 e. The second-order valence-electron chi connectivity index (χ2n) is 5.36. The van der Waals surface area contributed by atoms with Crippen molar-refractivity contribution in [3.8, 4) is 0 Å². The van der Waals surface area contributed by atoms with E-state index in [-0.39, 0.29) is 6.04 Å². The van der Waals surface area contributed by atoms with Gasteiger partial charge in [-0.15, -0.1) is 0 Å². The van der Waals surface area contributed by atoms with E-state index >= 15 is 0 Å². The number of rotatable bonds is 2. The highest BCUT2D eigenvalue weighted by atomic mass is 32.2. The van der Waals surface area contributed by atoms with Gasteiger partial charge in [0.05, 0.1) is 11.5 Å². The number of nitrogens with zero attached hydrogens (tertiary/aromatic N) is 1. The average molecular weight is 246 g/mol. The van der Waals surface area contributed by atoms with Crippen molar-refractivity contribution in [3.63, 3.8) is 0 Å². The summed E-state index contributed by atoms with van der Waals surface area (Å²) in [6.45, 7) is 7.40. The SMILES string of the molecule is CC(C)C1CN(C2CCS(=O)(=O)C2)CCN1. The molecule has 0 saturated carbocycles. The molecule has 0 radical (unpaired) electrons. The van der Waals surface area contributed by atoms with Crippen LogP contribution in [0.5, 0.6) is 0 Å². The van der Waals surface area contributed by atoms with Gasteiger partial charge in [0.2, 0.25) is 0 Å². The Balaban J connectivity index is 1.95. The van der Waals surface area contributed by atoms with Gasteiger partial charge in [0, 0.05) is 31.7 Å². The first-order valence-electron chi connectivity index (χ1n) is 6.16. The van der Waals surface area contributed by atoms with Crippen LogP contribution in [0.3, 0.4) is 0 Å². The summed E-state index contributed by atoms with van der Waals surface area (Å²) in [6.07, 6.45) is 0.827. The van der Waals surface area contributed by atoms with E-state index in [0.29, 0.717) is 23.5 Å². The van der Waals surface area contributed by atoms with Gasteiger partial charge in [-0.3, -0.25) is 4.90 Å². The third-order valence-corrected chi connectivity index (χ3v) is 5.52. The van der Waals surface area contributed by atoms with Crippen LogP contribution in [0.4, 0.5) is 0 Å². The van der Waals surface area contributed by atoms with Crippen molar-refractivity contribution in [2.75, 3.05) is 31.1 Å². The molecule has 0 aromatic rings. The van der Waals surface area contributed by atoms with Gasteiger partial charge >= 0.3 is 0 Å². The maximum Gasteiger partial charge on any atom is 0.151 e.